The van der Waals surface area contributed by atoms with E-state index in [0.29, 0.717) is 49.4 Å². The van der Waals surface area contributed by atoms with Gasteiger partial charge in [0.2, 0.25) is 0 Å². The third-order valence-electron chi connectivity index (χ3n) is 7.76. The summed E-state index contributed by atoms with van der Waals surface area (Å²) < 4.78 is 143. The Bertz CT molecular complexity index is 3320. The van der Waals surface area contributed by atoms with Gasteiger partial charge < -0.3 is 4.42 Å². The van der Waals surface area contributed by atoms with E-state index >= 15 is 0 Å². The van der Waals surface area contributed by atoms with Crippen LogP contribution in [0.3, 0.4) is 0 Å². The maximum absolute atomic E-state index is 9.20. The molecule has 0 aliphatic carbocycles. The fourth-order valence-corrected chi connectivity index (χ4v) is 5.86. The molecule has 9 rings (SSSR count). The van der Waals surface area contributed by atoms with E-state index in [1.807, 2.05) is 0 Å². The Morgan fingerprint density at radius 3 is 1.72 bits per heavy atom. The number of hydrogen-bond acceptors (Lipinski definition) is 1. The molecule has 0 fully saturated rings. The van der Waals surface area contributed by atoms with E-state index in [0.717, 1.165) is 0 Å². The van der Waals surface area contributed by atoms with Gasteiger partial charge in [-0.1, -0.05) is 139 Å². The van der Waals surface area contributed by atoms with Crippen LogP contribution < -0.4 is 0 Å². The van der Waals surface area contributed by atoms with Gasteiger partial charge in [-0.3, -0.25) is 0 Å². The van der Waals surface area contributed by atoms with Gasteiger partial charge in [-0.25, -0.2) is 0 Å². The van der Waals surface area contributed by atoms with Gasteiger partial charge >= 0.3 is 0 Å². The number of hydrogen-bond donors (Lipinski definition) is 0. The minimum atomic E-state index is -0.533. The molecule has 0 saturated heterocycles. The van der Waals surface area contributed by atoms with Crippen LogP contribution in [0.15, 0.2) is 162 Å². The van der Waals surface area contributed by atoms with Crippen LogP contribution in [-0.4, -0.2) is 0 Å². The third-order valence-corrected chi connectivity index (χ3v) is 7.76. The van der Waals surface area contributed by atoms with Crippen molar-refractivity contribution >= 4 is 54.3 Å². The second kappa shape index (κ2) is 9.44. The van der Waals surface area contributed by atoms with Gasteiger partial charge in [0, 0.05) is 10.8 Å². The first-order valence-corrected chi connectivity index (χ1v) is 13.4. The summed E-state index contributed by atoms with van der Waals surface area (Å²) in [6.45, 7) is 0. The highest BCUT2D eigenvalue weighted by molar-refractivity contribution is 6.23. The minimum absolute atomic E-state index is 0.0128. The molecule has 0 aliphatic heterocycles. The molecule has 0 N–H and O–H groups in total. The highest BCUT2D eigenvalue weighted by atomic mass is 16.3. The van der Waals surface area contributed by atoms with Crippen LogP contribution in [0.2, 0.25) is 0 Å². The molecule has 0 atom stereocenters. The lowest BCUT2D eigenvalue weighted by Crippen LogP contribution is -1.91. The van der Waals surface area contributed by atoms with Gasteiger partial charge in [0.15, 0.2) is 0 Å². The topological polar surface area (TPSA) is 13.1 Å². The summed E-state index contributed by atoms with van der Waals surface area (Å²) in [6.07, 6.45) is 0. The van der Waals surface area contributed by atoms with Gasteiger partial charge in [-0.2, -0.15) is 0 Å². The van der Waals surface area contributed by atoms with Crippen molar-refractivity contribution < 1.29 is 26.3 Å². The summed E-state index contributed by atoms with van der Waals surface area (Å²) >= 11 is 0. The zero-order valence-electron chi connectivity index (χ0n) is 38.2. The SMILES string of the molecule is [2H]c1cc2c(-c3ccc(-c4c([2H])c([2H])c5oc6c([2H])c([2H])c([2H])c([2H])c6c5c4[2H])cc3)c3cc([2H])c([2H])cc3c(-c3cc([2H])c([2H])c4c([2H])c([2H])c([2H])cc34)c2cc1[2H]. The summed E-state index contributed by atoms with van der Waals surface area (Å²) in [5.41, 5.74) is 1.64. The van der Waals surface area contributed by atoms with Crippen LogP contribution in [0.5, 0.6) is 0 Å². The highest BCUT2D eigenvalue weighted by Crippen LogP contribution is 2.45. The Morgan fingerprint density at radius 2 is 0.953 bits per heavy atom. The Labute approximate surface area is 271 Å². The smallest absolute Gasteiger partial charge is 0.135 e. The van der Waals surface area contributed by atoms with Crippen LogP contribution in [0.1, 0.15) is 21.9 Å². The first-order chi connectivity index (χ1) is 27.9. The van der Waals surface area contributed by atoms with E-state index in [2.05, 4.69) is 0 Å². The molecule has 8 aromatic carbocycles. The molecular formula is C42H26O. The summed E-state index contributed by atoms with van der Waals surface area (Å²) in [4.78, 5) is 0. The van der Waals surface area contributed by atoms with Crippen molar-refractivity contribution in [3.63, 3.8) is 0 Å². The van der Waals surface area contributed by atoms with Crippen LogP contribution >= 0.6 is 0 Å². The quantitative estimate of drug-likeness (QED) is 0.195. The Morgan fingerprint density at radius 1 is 0.372 bits per heavy atom. The molecule has 0 amide bonds. The maximum Gasteiger partial charge on any atom is 0.135 e. The average molecular weight is 563 g/mol. The lowest BCUT2D eigenvalue weighted by molar-refractivity contribution is 0.669. The number of fused-ring (bicyclic) bond motifs is 6. The number of benzene rings is 8. The van der Waals surface area contributed by atoms with E-state index in [9.17, 15) is 1.37 Å². The molecule has 1 aromatic heterocycles. The minimum Gasteiger partial charge on any atom is -0.456 e. The van der Waals surface area contributed by atoms with Crippen molar-refractivity contribution in [3.05, 3.63) is 157 Å². The summed E-state index contributed by atoms with van der Waals surface area (Å²) in [5.74, 6) is 0. The zero-order valence-corrected chi connectivity index (χ0v) is 22.2. The normalized spacial score (nSPS) is 16.9. The monoisotopic (exact) mass is 562 g/mol. The molecule has 1 heterocycles. The van der Waals surface area contributed by atoms with Crippen molar-refractivity contribution in [1.29, 1.82) is 0 Å². The Kier molecular flexibility index (Phi) is 2.88. The van der Waals surface area contributed by atoms with Crippen molar-refractivity contribution in [3.8, 4) is 33.4 Å². The molecule has 43 heavy (non-hydrogen) atoms. The number of furan rings is 1. The average Bonchev–Trinajstić information content (AvgIpc) is 3.61. The van der Waals surface area contributed by atoms with Crippen molar-refractivity contribution in [2.24, 2.45) is 0 Å². The summed E-state index contributed by atoms with van der Waals surface area (Å²) in [7, 11) is 0. The van der Waals surface area contributed by atoms with Crippen LogP contribution in [-0.2, 0) is 0 Å². The first kappa shape index (κ1) is 13.1. The lowest BCUT2D eigenvalue weighted by atomic mass is 9.84. The second-order valence-electron chi connectivity index (χ2n) is 10.1. The molecule has 0 saturated carbocycles. The third kappa shape index (κ3) is 3.72. The molecular weight excluding hydrogens is 520 g/mol. The lowest BCUT2D eigenvalue weighted by Gasteiger charge is -2.19. The van der Waals surface area contributed by atoms with E-state index in [1.165, 1.54) is 36.4 Å². The second-order valence-corrected chi connectivity index (χ2v) is 10.1. The summed E-state index contributed by atoms with van der Waals surface area (Å²) in [5, 5.41) is 1.83. The highest BCUT2D eigenvalue weighted by Gasteiger charge is 2.18. The molecule has 200 valence electrons. The predicted octanol–water partition coefficient (Wildman–Crippen LogP) is 12.0. The zero-order chi connectivity index (χ0) is 42.3. The summed E-state index contributed by atoms with van der Waals surface area (Å²) in [6, 6.07) is 10.1. The number of para-hydroxylation sites is 1. The molecule has 1 heteroatoms. The molecule has 9 aromatic rings. The van der Waals surface area contributed by atoms with E-state index in [1.54, 1.807) is 24.3 Å². The van der Waals surface area contributed by atoms with E-state index in [-0.39, 0.29) is 92.7 Å². The molecule has 0 bridgehead atoms. The molecule has 0 unspecified atom stereocenters. The van der Waals surface area contributed by atoms with Crippen LogP contribution in [0, 0.1) is 0 Å². The van der Waals surface area contributed by atoms with Crippen LogP contribution in [0.25, 0.3) is 87.6 Å². The number of rotatable bonds is 3. The largest absolute Gasteiger partial charge is 0.456 e. The first-order valence-electron chi connectivity index (χ1n) is 21.4. The maximum atomic E-state index is 9.20. The van der Waals surface area contributed by atoms with Gasteiger partial charge in [0.1, 0.15) is 11.2 Å². The van der Waals surface area contributed by atoms with Crippen molar-refractivity contribution in [1.82, 2.24) is 0 Å². The molecule has 1 nitrogen and oxygen atoms in total. The fraction of sp³-hybridized carbons (Fsp3) is 0. The van der Waals surface area contributed by atoms with E-state index in [4.69, 9.17) is 25.0 Å². The van der Waals surface area contributed by atoms with Gasteiger partial charge in [-0.15, -0.1) is 0 Å². The van der Waals surface area contributed by atoms with E-state index < -0.39 is 42.3 Å². The Hall–Kier alpha value is -5.66. The van der Waals surface area contributed by atoms with Crippen LogP contribution in [0.4, 0.5) is 0 Å². The van der Waals surface area contributed by atoms with Crippen molar-refractivity contribution in [2.75, 3.05) is 0 Å². The van der Waals surface area contributed by atoms with Gasteiger partial charge in [0.05, 0.1) is 21.9 Å². The molecule has 0 aliphatic rings. The predicted molar refractivity (Wildman–Crippen MR) is 183 cm³/mol. The van der Waals surface area contributed by atoms with Gasteiger partial charge in [0.25, 0.3) is 0 Å². The van der Waals surface area contributed by atoms with Crippen molar-refractivity contribution in [2.45, 2.75) is 0 Å². The van der Waals surface area contributed by atoms with Gasteiger partial charge in [-0.05, 0) is 83.8 Å². The fourth-order valence-electron chi connectivity index (χ4n) is 5.86. The Balaban J connectivity index is 1.35. The standard InChI is InChI=1S/C42H26O/c1-2-12-31-28(10-1)11-9-18-33(31)42-36-16-5-3-14-34(36)41(35-15-4-6-17-37(35)42)29-22-20-27(21-23-29)30-24-25-40-38(26-30)32-13-7-8-19-39(32)43-40/h1-26H/i1D,2D,3D,4D,5D,6D,7D,8D,9D,10D,11D,13D,19D,24D,25D,26D. The molecule has 0 radical (unpaired) electrons. The molecule has 0 spiro atoms.